The highest BCUT2D eigenvalue weighted by Gasteiger charge is 2.13. The van der Waals surface area contributed by atoms with Gasteiger partial charge in [0.15, 0.2) is 0 Å². The minimum atomic E-state index is -0.535. The molecule has 0 aliphatic heterocycles. The molecule has 0 saturated carbocycles. The van der Waals surface area contributed by atoms with Gasteiger partial charge in [0.1, 0.15) is 6.10 Å². The Labute approximate surface area is 256 Å². The Morgan fingerprint density at radius 2 is 0.976 bits per heavy atom. The molecular weight excluding hydrogens is 508 g/mol. The number of aliphatic hydroxyl groups is 1. The molecule has 242 valence electrons. The van der Waals surface area contributed by atoms with Gasteiger partial charge in [-0.25, -0.2) is 0 Å². The average molecular weight is 579 g/mol. The summed E-state index contributed by atoms with van der Waals surface area (Å²) in [6.45, 7) is 5.29. The molecule has 0 spiro atoms. The third kappa shape index (κ3) is 33.2. The molecule has 4 heteroatoms. The number of carbonyl (C=O) groups excluding carboxylic acids is 1. The molecule has 0 heterocycles. The van der Waals surface area contributed by atoms with Crippen molar-refractivity contribution in [2.75, 3.05) is 19.8 Å². The topological polar surface area (TPSA) is 55.8 Å². The van der Waals surface area contributed by atoms with Crippen LogP contribution in [0, 0.1) is 0 Å². The highest BCUT2D eigenvalue weighted by molar-refractivity contribution is 5.69. The number of ether oxygens (including phenoxy) is 2. The van der Waals surface area contributed by atoms with Gasteiger partial charge in [0.2, 0.25) is 0 Å². The molecule has 1 atom stereocenters. The van der Waals surface area contributed by atoms with Crippen LogP contribution in [0.25, 0.3) is 0 Å². The minimum Gasteiger partial charge on any atom is -0.457 e. The molecule has 0 aromatic heterocycles. The van der Waals surface area contributed by atoms with Crippen molar-refractivity contribution in [2.45, 2.75) is 187 Å². The van der Waals surface area contributed by atoms with Gasteiger partial charge in [0.25, 0.3) is 0 Å². The smallest absolute Gasteiger partial charge is 0.306 e. The van der Waals surface area contributed by atoms with Crippen molar-refractivity contribution < 1.29 is 19.4 Å². The van der Waals surface area contributed by atoms with Crippen LogP contribution in [0.3, 0.4) is 0 Å². The van der Waals surface area contributed by atoms with E-state index in [1.807, 2.05) is 0 Å². The van der Waals surface area contributed by atoms with E-state index in [1.54, 1.807) is 0 Å². The fourth-order valence-corrected chi connectivity index (χ4v) is 5.01. The second-order valence-electron chi connectivity index (χ2n) is 11.9. The number of esters is 1. The van der Waals surface area contributed by atoms with Gasteiger partial charge >= 0.3 is 5.97 Å². The van der Waals surface area contributed by atoms with Crippen molar-refractivity contribution >= 4 is 5.97 Å². The van der Waals surface area contributed by atoms with Gasteiger partial charge in [-0.3, -0.25) is 4.79 Å². The highest BCUT2D eigenvalue weighted by Crippen LogP contribution is 2.12. The van der Waals surface area contributed by atoms with Gasteiger partial charge in [-0.2, -0.15) is 0 Å². The number of allylic oxidation sites excluding steroid dienone is 4. The van der Waals surface area contributed by atoms with Crippen LogP contribution in [0.4, 0.5) is 0 Å². The van der Waals surface area contributed by atoms with E-state index < -0.39 is 6.10 Å². The van der Waals surface area contributed by atoms with E-state index in [0.717, 1.165) is 19.3 Å². The van der Waals surface area contributed by atoms with Crippen LogP contribution in [0.15, 0.2) is 24.3 Å². The molecule has 0 radical (unpaired) electrons. The fraction of sp³-hybridized carbons (Fsp3) is 0.865. The maximum absolute atomic E-state index is 12.1. The molecule has 0 aromatic carbocycles. The first-order chi connectivity index (χ1) is 20.2. The molecule has 41 heavy (non-hydrogen) atoms. The summed E-state index contributed by atoms with van der Waals surface area (Å²) in [6.07, 6.45) is 40.7. The zero-order chi connectivity index (χ0) is 29.9. The van der Waals surface area contributed by atoms with Crippen LogP contribution in [0.5, 0.6) is 0 Å². The molecule has 0 amide bonds. The first-order valence-electron chi connectivity index (χ1n) is 17.9. The Hall–Kier alpha value is -1.13. The standard InChI is InChI=1S/C37H70O4/c1-3-5-7-9-11-13-15-16-17-18-19-20-21-23-25-27-29-31-33-40-35-36(34-38)41-37(39)32-30-28-26-24-22-14-12-10-8-6-4-2/h10,12,16-17,36,38H,3-9,11,13-15,18-35H2,1-2H3/b12-10-,17-16-. The third-order valence-corrected chi connectivity index (χ3v) is 7.75. The van der Waals surface area contributed by atoms with Crippen molar-refractivity contribution in [2.24, 2.45) is 0 Å². The lowest BCUT2D eigenvalue weighted by atomic mass is 10.1. The van der Waals surface area contributed by atoms with E-state index in [9.17, 15) is 9.90 Å². The zero-order valence-electron chi connectivity index (χ0n) is 27.6. The van der Waals surface area contributed by atoms with Crippen molar-refractivity contribution in [1.29, 1.82) is 0 Å². The molecule has 0 saturated heterocycles. The number of hydrogen-bond acceptors (Lipinski definition) is 4. The van der Waals surface area contributed by atoms with Crippen LogP contribution in [-0.4, -0.2) is 37.0 Å². The molecule has 0 aromatic rings. The molecular formula is C37H70O4. The maximum Gasteiger partial charge on any atom is 0.306 e. The van der Waals surface area contributed by atoms with Crippen LogP contribution in [-0.2, 0) is 14.3 Å². The quantitative estimate of drug-likeness (QED) is 0.0478. The van der Waals surface area contributed by atoms with E-state index >= 15 is 0 Å². The van der Waals surface area contributed by atoms with Crippen LogP contribution >= 0.6 is 0 Å². The average Bonchev–Trinajstić information content (AvgIpc) is 2.98. The lowest BCUT2D eigenvalue weighted by Crippen LogP contribution is -2.27. The lowest BCUT2D eigenvalue weighted by molar-refractivity contribution is -0.154. The van der Waals surface area contributed by atoms with Gasteiger partial charge in [-0.15, -0.1) is 0 Å². The number of rotatable bonds is 33. The van der Waals surface area contributed by atoms with Gasteiger partial charge in [0, 0.05) is 13.0 Å². The van der Waals surface area contributed by atoms with Gasteiger partial charge < -0.3 is 14.6 Å². The largest absolute Gasteiger partial charge is 0.457 e. The number of carbonyl (C=O) groups is 1. The monoisotopic (exact) mass is 579 g/mol. The predicted octanol–water partition coefficient (Wildman–Crippen LogP) is 11.2. The Balaban J connectivity index is 3.42. The summed E-state index contributed by atoms with van der Waals surface area (Å²) < 4.78 is 11.1. The van der Waals surface area contributed by atoms with Crippen molar-refractivity contribution in [1.82, 2.24) is 0 Å². The lowest BCUT2D eigenvalue weighted by Gasteiger charge is -2.15. The van der Waals surface area contributed by atoms with Gasteiger partial charge in [-0.05, 0) is 57.8 Å². The molecule has 1 unspecified atom stereocenters. The summed E-state index contributed by atoms with van der Waals surface area (Å²) >= 11 is 0. The normalized spacial score (nSPS) is 12.6. The first-order valence-corrected chi connectivity index (χ1v) is 17.9. The first kappa shape index (κ1) is 39.9. The Morgan fingerprint density at radius 3 is 1.46 bits per heavy atom. The van der Waals surface area contributed by atoms with E-state index in [4.69, 9.17) is 9.47 Å². The summed E-state index contributed by atoms with van der Waals surface area (Å²) in [5.41, 5.74) is 0. The Morgan fingerprint density at radius 1 is 0.561 bits per heavy atom. The van der Waals surface area contributed by atoms with Gasteiger partial charge in [-0.1, -0.05) is 141 Å². The fourth-order valence-electron chi connectivity index (χ4n) is 5.01. The second kappa shape index (κ2) is 35.1. The number of aliphatic hydroxyl groups excluding tert-OH is 1. The van der Waals surface area contributed by atoms with E-state index in [1.165, 1.54) is 141 Å². The van der Waals surface area contributed by atoms with Gasteiger partial charge in [0.05, 0.1) is 13.2 Å². The second-order valence-corrected chi connectivity index (χ2v) is 11.9. The Bertz CT molecular complexity index is 571. The summed E-state index contributed by atoms with van der Waals surface area (Å²) in [7, 11) is 0. The summed E-state index contributed by atoms with van der Waals surface area (Å²) in [6, 6.07) is 0. The van der Waals surface area contributed by atoms with Crippen molar-refractivity contribution in [3.63, 3.8) is 0 Å². The zero-order valence-corrected chi connectivity index (χ0v) is 27.6. The molecule has 0 bridgehead atoms. The van der Waals surface area contributed by atoms with Crippen molar-refractivity contribution in [3.8, 4) is 0 Å². The molecule has 1 N–H and O–H groups in total. The summed E-state index contributed by atoms with van der Waals surface area (Å²) in [4.78, 5) is 12.1. The maximum atomic E-state index is 12.1. The van der Waals surface area contributed by atoms with E-state index in [-0.39, 0.29) is 12.6 Å². The molecule has 4 nitrogen and oxygen atoms in total. The summed E-state index contributed by atoms with van der Waals surface area (Å²) in [5.74, 6) is -0.212. The third-order valence-electron chi connectivity index (χ3n) is 7.75. The minimum absolute atomic E-state index is 0.174. The number of hydrogen-bond donors (Lipinski definition) is 1. The Kier molecular flexibility index (Phi) is 34.1. The summed E-state index contributed by atoms with van der Waals surface area (Å²) in [5, 5.41) is 9.53. The molecule has 0 aliphatic carbocycles. The number of unbranched alkanes of at least 4 members (excludes halogenated alkanes) is 21. The molecule has 0 fully saturated rings. The van der Waals surface area contributed by atoms with Crippen molar-refractivity contribution in [3.05, 3.63) is 24.3 Å². The highest BCUT2D eigenvalue weighted by atomic mass is 16.6. The molecule has 0 rings (SSSR count). The van der Waals surface area contributed by atoms with Crippen LogP contribution < -0.4 is 0 Å². The SMILES string of the molecule is CCCC/C=C\CCCCCCCC(=O)OC(CO)COCCCCCCCCCC/C=C\CCCCCCCC. The van der Waals surface area contributed by atoms with E-state index in [2.05, 4.69) is 38.2 Å². The van der Waals surface area contributed by atoms with Crippen LogP contribution in [0.1, 0.15) is 181 Å². The molecule has 0 aliphatic rings. The predicted molar refractivity (Wildman–Crippen MR) is 177 cm³/mol. The van der Waals surface area contributed by atoms with Crippen LogP contribution in [0.2, 0.25) is 0 Å². The van der Waals surface area contributed by atoms with E-state index in [0.29, 0.717) is 19.6 Å².